The van der Waals surface area contributed by atoms with Gasteiger partial charge < -0.3 is 15.7 Å². The first-order valence-electron chi connectivity index (χ1n) is 10.3. The summed E-state index contributed by atoms with van der Waals surface area (Å²) in [5.74, 6) is 0.715. The molecule has 4 N–H and O–H groups in total. The van der Waals surface area contributed by atoms with E-state index in [9.17, 15) is 14.7 Å². The van der Waals surface area contributed by atoms with Gasteiger partial charge in [0.1, 0.15) is 11.6 Å². The molecular formula is C25H24N4O3. The maximum Gasteiger partial charge on any atom is 0.324 e. The predicted molar refractivity (Wildman–Crippen MR) is 127 cm³/mol. The SMILES string of the molecule is CC(=O)c1cccc(NC(=O)NC2=Nc3cc(-c4cc(C)c(O)c(C)c4)ccc3NC2)c1. The van der Waals surface area contributed by atoms with E-state index in [4.69, 9.17) is 0 Å². The lowest BCUT2D eigenvalue weighted by atomic mass is 9.99. The molecule has 0 spiro atoms. The van der Waals surface area contributed by atoms with Crippen LogP contribution in [0.5, 0.6) is 5.75 Å². The van der Waals surface area contributed by atoms with Crippen molar-refractivity contribution in [2.75, 3.05) is 17.2 Å². The van der Waals surface area contributed by atoms with Crippen LogP contribution in [-0.4, -0.2) is 29.3 Å². The minimum atomic E-state index is -0.435. The van der Waals surface area contributed by atoms with Gasteiger partial charge in [0.05, 0.1) is 17.9 Å². The highest BCUT2D eigenvalue weighted by atomic mass is 16.3. The number of anilines is 2. The van der Waals surface area contributed by atoms with Crippen LogP contribution in [0.25, 0.3) is 11.1 Å². The first kappa shape index (κ1) is 21.1. The van der Waals surface area contributed by atoms with E-state index in [2.05, 4.69) is 20.9 Å². The fraction of sp³-hybridized carbons (Fsp3) is 0.160. The standard InChI is InChI=1S/C25H24N4O3/c1-14-9-19(10-15(2)24(14)31)18-7-8-21-22(12-18)28-23(13-26-21)29-25(32)27-20-6-4-5-17(11-20)16(3)30/h4-12,26,31H,13H2,1-3H3,(H2,27,28,29,32). The quantitative estimate of drug-likeness (QED) is 0.433. The monoisotopic (exact) mass is 428 g/mol. The van der Waals surface area contributed by atoms with Crippen molar-refractivity contribution in [3.05, 3.63) is 71.3 Å². The van der Waals surface area contributed by atoms with Gasteiger partial charge >= 0.3 is 6.03 Å². The average Bonchev–Trinajstić information content (AvgIpc) is 2.76. The van der Waals surface area contributed by atoms with Crippen molar-refractivity contribution in [1.82, 2.24) is 5.32 Å². The summed E-state index contributed by atoms with van der Waals surface area (Å²) in [6, 6.07) is 16.1. The maximum atomic E-state index is 12.4. The van der Waals surface area contributed by atoms with Crippen LogP contribution in [0.4, 0.5) is 21.9 Å². The summed E-state index contributed by atoms with van der Waals surface area (Å²) in [6.45, 7) is 5.60. The zero-order valence-corrected chi connectivity index (χ0v) is 18.1. The third-order valence-electron chi connectivity index (χ3n) is 5.31. The molecule has 1 aliphatic rings. The number of urea groups is 1. The van der Waals surface area contributed by atoms with E-state index in [1.54, 1.807) is 24.3 Å². The topological polar surface area (TPSA) is 103 Å². The first-order valence-corrected chi connectivity index (χ1v) is 10.3. The second kappa shape index (κ2) is 8.55. The first-order chi connectivity index (χ1) is 15.3. The molecule has 4 rings (SSSR count). The number of amidine groups is 1. The van der Waals surface area contributed by atoms with Gasteiger partial charge in [-0.25, -0.2) is 9.79 Å². The maximum absolute atomic E-state index is 12.4. The van der Waals surface area contributed by atoms with E-state index in [1.165, 1.54) is 6.92 Å². The van der Waals surface area contributed by atoms with Crippen molar-refractivity contribution in [3.63, 3.8) is 0 Å². The number of carbonyl (C=O) groups is 2. The van der Waals surface area contributed by atoms with Gasteiger partial charge in [-0.2, -0.15) is 0 Å². The summed E-state index contributed by atoms with van der Waals surface area (Å²) in [6.07, 6.45) is 0. The van der Waals surface area contributed by atoms with Crippen molar-refractivity contribution >= 4 is 34.7 Å². The van der Waals surface area contributed by atoms with Crippen LogP contribution < -0.4 is 16.0 Å². The summed E-state index contributed by atoms with van der Waals surface area (Å²) >= 11 is 0. The van der Waals surface area contributed by atoms with Gasteiger partial charge in [-0.1, -0.05) is 18.2 Å². The Morgan fingerprint density at radius 1 is 0.969 bits per heavy atom. The Morgan fingerprint density at radius 3 is 2.44 bits per heavy atom. The normalized spacial score (nSPS) is 12.3. The lowest BCUT2D eigenvalue weighted by Gasteiger charge is -2.19. The van der Waals surface area contributed by atoms with E-state index in [0.717, 1.165) is 27.9 Å². The molecule has 32 heavy (non-hydrogen) atoms. The Bertz CT molecular complexity index is 1240. The Morgan fingerprint density at radius 2 is 1.72 bits per heavy atom. The molecular weight excluding hydrogens is 404 g/mol. The number of aliphatic imine (C=N–C) groups is 1. The molecule has 0 radical (unpaired) electrons. The summed E-state index contributed by atoms with van der Waals surface area (Å²) in [5.41, 5.74) is 6.22. The Hall–Kier alpha value is -4.13. The second-order valence-electron chi connectivity index (χ2n) is 7.82. The van der Waals surface area contributed by atoms with Gasteiger partial charge in [-0.05, 0) is 79.4 Å². The molecule has 7 nitrogen and oxygen atoms in total. The average molecular weight is 428 g/mol. The summed E-state index contributed by atoms with van der Waals surface area (Å²) in [5, 5.41) is 18.8. The molecule has 0 fully saturated rings. The van der Waals surface area contributed by atoms with E-state index in [1.807, 2.05) is 44.2 Å². The van der Waals surface area contributed by atoms with E-state index in [0.29, 0.717) is 35.1 Å². The Kier molecular flexibility index (Phi) is 5.64. The van der Waals surface area contributed by atoms with Crippen LogP contribution >= 0.6 is 0 Å². The fourth-order valence-corrected chi connectivity index (χ4v) is 3.62. The Balaban J connectivity index is 1.53. The van der Waals surface area contributed by atoms with Crippen LogP contribution in [0, 0.1) is 13.8 Å². The van der Waals surface area contributed by atoms with E-state index in [-0.39, 0.29) is 5.78 Å². The molecule has 1 heterocycles. The smallest absolute Gasteiger partial charge is 0.324 e. The number of carbonyl (C=O) groups excluding carboxylic acids is 2. The molecule has 3 aromatic rings. The zero-order valence-electron chi connectivity index (χ0n) is 18.1. The van der Waals surface area contributed by atoms with Crippen molar-refractivity contribution in [2.45, 2.75) is 20.8 Å². The molecule has 0 bridgehead atoms. The lowest BCUT2D eigenvalue weighted by molar-refractivity contribution is 0.101. The van der Waals surface area contributed by atoms with Crippen LogP contribution in [0.2, 0.25) is 0 Å². The zero-order chi connectivity index (χ0) is 22.8. The highest BCUT2D eigenvalue weighted by Crippen LogP contribution is 2.35. The highest BCUT2D eigenvalue weighted by Gasteiger charge is 2.15. The van der Waals surface area contributed by atoms with Gasteiger partial charge in [-0.3, -0.25) is 10.1 Å². The number of nitrogens with zero attached hydrogens (tertiary/aromatic N) is 1. The van der Waals surface area contributed by atoms with Crippen molar-refractivity contribution in [1.29, 1.82) is 0 Å². The molecule has 0 atom stereocenters. The fourth-order valence-electron chi connectivity index (χ4n) is 3.62. The summed E-state index contributed by atoms with van der Waals surface area (Å²) in [7, 11) is 0. The number of nitrogens with one attached hydrogen (secondary N) is 3. The third-order valence-corrected chi connectivity index (χ3v) is 5.31. The lowest BCUT2D eigenvalue weighted by Crippen LogP contribution is -2.39. The minimum Gasteiger partial charge on any atom is -0.507 e. The predicted octanol–water partition coefficient (Wildman–Crippen LogP) is 5.16. The van der Waals surface area contributed by atoms with Gasteiger partial charge in [0.15, 0.2) is 5.78 Å². The third kappa shape index (κ3) is 4.46. The van der Waals surface area contributed by atoms with E-state index >= 15 is 0 Å². The molecule has 7 heteroatoms. The van der Waals surface area contributed by atoms with Crippen molar-refractivity contribution < 1.29 is 14.7 Å². The number of hydrogen-bond donors (Lipinski definition) is 4. The largest absolute Gasteiger partial charge is 0.507 e. The molecule has 0 saturated heterocycles. The number of aryl methyl sites for hydroxylation is 2. The van der Waals surface area contributed by atoms with Crippen LogP contribution in [-0.2, 0) is 0 Å². The molecule has 0 aromatic heterocycles. The number of benzene rings is 3. The second-order valence-corrected chi connectivity index (χ2v) is 7.82. The number of phenols is 1. The van der Waals surface area contributed by atoms with E-state index < -0.39 is 6.03 Å². The number of rotatable bonds is 3. The summed E-state index contributed by atoms with van der Waals surface area (Å²) in [4.78, 5) is 28.6. The Labute approximate surface area is 186 Å². The molecule has 0 saturated carbocycles. The van der Waals surface area contributed by atoms with Crippen LogP contribution in [0.1, 0.15) is 28.4 Å². The van der Waals surface area contributed by atoms with Crippen molar-refractivity contribution in [2.24, 2.45) is 4.99 Å². The van der Waals surface area contributed by atoms with Crippen molar-refractivity contribution in [3.8, 4) is 16.9 Å². The molecule has 0 aliphatic carbocycles. The number of Topliss-reactive ketones (excluding diaryl/α,β-unsaturated/α-hetero) is 1. The molecule has 1 aliphatic heterocycles. The minimum absolute atomic E-state index is 0.0682. The van der Waals surface area contributed by atoms with Gasteiger partial charge in [-0.15, -0.1) is 0 Å². The van der Waals surface area contributed by atoms with Crippen LogP contribution in [0.15, 0.2) is 59.6 Å². The highest BCUT2D eigenvalue weighted by molar-refractivity contribution is 6.07. The summed E-state index contributed by atoms with van der Waals surface area (Å²) < 4.78 is 0. The van der Waals surface area contributed by atoms with Gasteiger partial charge in [0.25, 0.3) is 0 Å². The number of fused-ring (bicyclic) bond motifs is 1. The molecule has 3 aromatic carbocycles. The van der Waals surface area contributed by atoms with Gasteiger partial charge in [0.2, 0.25) is 0 Å². The van der Waals surface area contributed by atoms with Crippen LogP contribution in [0.3, 0.4) is 0 Å². The number of aromatic hydroxyl groups is 1. The number of phenolic OH excluding ortho intramolecular Hbond substituents is 1. The molecule has 162 valence electrons. The van der Waals surface area contributed by atoms with Gasteiger partial charge in [0, 0.05) is 11.3 Å². The molecule has 2 amide bonds. The number of amides is 2. The number of ketones is 1. The molecule has 0 unspecified atom stereocenters. The number of hydrogen-bond acceptors (Lipinski definition) is 5.